The zero-order valence-electron chi connectivity index (χ0n) is 12.3. The molecule has 0 aromatic rings. The van der Waals surface area contributed by atoms with Crippen molar-refractivity contribution < 1.29 is 0 Å². The maximum absolute atomic E-state index is 3.58. The van der Waals surface area contributed by atoms with E-state index in [1.54, 1.807) is 0 Å². The van der Waals surface area contributed by atoms with Gasteiger partial charge in [-0.3, -0.25) is 0 Å². The molecule has 0 aliphatic heterocycles. The molecule has 0 aromatic carbocycles. The third kappa shape index (κ3) is 5.39. The van der Waals surface area contributed by atoms with Crippen molar-refractivity contribution in [3.8, 4) is 0 Å². The van der Waals surface area contributed by atoms with Gasteiger partial charge in [-0.2, -0.15) is 0 Å². The summed E-state index contributed by atoms with van der Waals surface area (Å²) >= 11 is 0. The first kappa shape index (κ1) is 15.0. The Morgan fingerprint density at radius 3 is 2.35 bits per heavy atom. The van der Waals surface area contributed by atoms with E-state index < -0.39 is 0 Å². The van der Waals surface area contributed by atoms with E-state index in [-0.39, 0.29) is 0 Å². The molecule has 0 spiro atoms. The van der Waals surface area contributed by atoms with E-state index in [0.29, 0.717) is 6.04 Å². The third-order valence-electron chi connectivity index (χ3n) is 4.59. The first-order chi connectivity index (χ1) is 8.17. The van der Waals surface area contributed by atoms with Gasteiger partial charge in [-0.25, -0.2) is 0 Å². The van der Waals surface area contributed by atoms with Crippen LogP contribution in [0.5, 0.6) is 0 Å². The van der Waals surface area contributed by atoms with Crippen LogP contribution in [0.3, 0.4) is 0 Å². The average molecular weight is 240 g/mol. The summed E-state index contributed by atoms with van der Waals surface area (Å²) < 4.78 is 0. The van der Waals surface area contributed by atoms with Crippen LogP contribution in [0, 0.1) is 5.92 Å². The Balaban J connectivity index is 2.13. The highest BCUT2D eigenvalue weighted by atomic mass is 15.1. The number of nitrogens with zero attached hydrogens (tertiary/aromatic N) is 1. The van der Waals surface area contributed by atoms with Gasteiger partial charge in [0.15, 0.2) is 0 Å². The highest BCUT2D eigenvalue weighted by Gasteiger charge is 2.22. The van der Waals surface area contributed by atoms with Gasteiger partial charge in [0.2, 0.25) is 0 Å². The SMILES string of the molecule is CCC1CCC(N(C)CCNC(C)CC)CC1. The van der Waals surface area contributed by atoms with Crippen LogP contribution < -0.4 is 5.32 Å². The second-order valence-corrected chi connectivity index (χ2v) is 5.83. The fraction of sp³-hybridized carbons (Fsp3) is 1.00. The van der Waals surface area contributed by atoms with E-state index in [1.165, 1.54) is 45.1 Å². The number of likely N-dealkylation sites (N-methyl/N-ethyl adjacent to an activating group) is 1. The zero-order valence-corrected chi connectivity index (χ0v) is 12.3. The minimum atomic E-state index is 0.666. The fourth-order valence-electron chi connectivity index (χ4n) is 2.81. The van der Waals surface area contributed by atoms with Crippen LogP contribution in [0.15, 0.2) is 0 Å². The van der Waals surface area contributed by atoms with Crippen molar-refractivity contribution in [1.29, 1.82) is 0 Å². The van der Waals surface area contributed by atoms with Crippen molar-refractivity contribution in [3.05, 3.63) is 0 Å². The molecule has 0 saturated heterocycles. The number of hydrogen-bond donors (Lipinski definition) is 1. The Morgan fingerprint density at radius 1 is 1.18 bits per heavy atom. The second-order valence-electron chi connectivity index (χ2n) is 5.83. The molecule has 0 heterocycles. The summed E-state index contributed by atoms with van der Waals surface area (Å²) in [5.74, 6) is 1.01. The molecule has 1 aliphatic rings. The van der Waals surface area contributed by atoms with Crippen LogP contribution in [0.4, 0.5) is 0 Å². The minimum absolute atomic E-state index is 0.666. The summed E-state index contributed by atoms with van der Waals surface area (Å²) in [4.78, 5) is 2.57. The Bertz CT molecular complexity index is 185. The van der Waals surface area contributed by atoms with Crippen molar-refractivity contribution in [2.24, 2.45) is 5.92 Å². The lowest BCUT2D eigenvalue weighted by Gasteiger charge is -2.34. The summed E-state index contributed by atoms with van der Waals surface area (Å²) in [7, 11) is 2.30. The number of rotatable bonds is 7. The van der Waals surface area contributed by atoms with Crippen molar-refractivity contribution >= 4 is 0 Å². The molecule has 102 valence electrons. The van der Waals surface area contributed by atoms with Crippen molar-refractivity contribution in [3.63, 3.8) is 0 Å². The summed E-state index contributed by atoms with van der Waals surface area (Å²) in [6, 6.07) is 1.51. The molecule has 0 amide bonds. The van der Waals surface area contributed by atoms with E-state index >= 15 is 0 Å². The van der Waals surface area contributed by atoms with Crippen LogP contribution >= 0.6 is 0 Å². The lowest BCUT2D eigenvalue weighted by molar-refractivity contribution is 0.163. The summed E-state index contributed by atoms with van der Waals surface area (Å²) in [6.45, 7) is 9.19. The average Bonchev–Trinajstić information content (AvgIpc) is 2.38. The van der Waals surface area contributed by atoms with Gasteiger partial charge in [0.25, 0.3) is 0 Å². The Labute approximate surface area is 108 Å². The van der Waals surface area contributed by atoms with Gasteiger partial charge in [0.1, 0.15) is 0 Å². The lowest BCUT2D eigenvalue weighted by Crippen LogP contribution is -2.40. The monoisotopic (exact) mass is 240 g/mol. The molecule has 1 rings (SSSR count). The maximum Gasteiger partial charge on any atom is 0.0107 e. The smallest absolute Gasteiger partial charge is 0.0107 e. The maximum atomic E-state index is 3.58. The quantitative estimate of drug-likeness (QED) is 0.735. The molecule has 1 fully saturated rings. The topological polar surface area (TPSA) is 15.3 Å². The normalized spacial score (nSPS) is 27.4. The summed E-state index contributed by atoms with van der Waals surface area (Å²) in [6.07, 6.45) is 8.34. The van der Waals surface area contributed by atoms with Gasteiger partial charge in [-0.05, 0) is 52.0 Å². The van der Waals surface area contributed by atoms with Gasteiger partial charge in [0.05, 0.1) is 0 Å². The predicted octanol–water partition coefficient (Wildman–Crippen LogP) is 3.28. The summed E-state index contributed by atoms with van der Waals surface area (Å²) in [5, 5.41) is 3.58. The molecule has 2 nitrogen and oxygen atoms in total. The Hall–Kier alpha value is -0.0800. The molecule has 2 heteroatoms. The fourth-order valence-corrected chi connectivity index (χ4v) is 2.81. The van der Waals surface area contributed by atoms with Gasteiger partial charge in [-0.15, -0.1) is 0 Å². The van der Waals surface area contributed by atoms with Crippen molar-refractivity contribution in [2.75, 3.05) is 20.1 Å². The largest absolute Gasteiger partial charge is 0.313 e. The molecule has 0 bridgehead atoms. The molecule has 0 radical (unpaired) electrons. The zero-order chi connectivity index (χ0) is 12.7. The molecule has 1 saturated carbocycles. The highest BCUT2D eigenvalue weighted by molar-refractivity contribution is 4.78. The highest BCUT2D eigenvalue weighted by Crippen LogP contribution is 2.28. The van der Waals surface area contributed by atoms with E-state index in [0.717, 1.165) is 18.5 Å². The van der Waals surface area contributed by atoms with Crippen LogP contribution in [0.2, 0.25) is 0 Å². The third-order valence-corrected chi connectivity index (χ3v) is 4.59. The molecule has 1 aliphatic carbocycles. The Kier molecular flexibility index (Phi) is 7.14. The first-order valence-corrected chi connectivity index (χ1v) is 7.60. The predicted molar refractivity (Wildman–Crippen MR) is 76.4 cm³/mol. The van der Waals surface area contributed by atoms with Crippen LogP contribution in [-0.2, 0) is 0 Å². The molecular weight excluding hydrogens is 208 g/mol. The molecule has 1 atom stereocenters. The molecule has 1 N–H and O–H groups in total. The molecule has 1 unspecified atom stereocenters. The van der Waals surface area contributed by atoms with E-state index in [4.69, 9.17) is 0 Å². The van der Waals surface area contributed by atoms with Crippen molar-refractivity contribution in [1.82, 2.24) is 10.2 Å². The van der Waals surface area contributed by atoms with Gasteiger partial charge in [0, 0.05) is 25.2 Å². The van der Waals surface area contributed by atoms with E-state index in [1.807, 2.05) is 0 Å². The van der Waals surface area contributed by atoms with Gasteiger partial charge in [-0.1, -0.05) is 20.3 Å². The Morgan fingerprint density at radius 2 is 1.82 bits per heavy atom. The molecule has 0 aromatic heterocycles. The number of nitrogens with one attached hydrogen (secondary N) is 1. The van der Waals surface area contributed by atoms with Crippen LogP contribution in [0.1, 0.15) is 59.3 Å². The van der Waals surface area contributed by atoms with Crippen LogP contribution in [0.25, 0.3) is 0 Å². The minimum Gasteiger partial charge on any atom is -0.313 e. The first-order valence-electron chi connectivity index (χ1n) is 7.60. The molecule has 17 heavy (non-hydrogen) atoms. The van der Waals surface area contributed by atoms with Gasteiger partial charge >= 0.3 is 0 Å². The lowest BCUT2D eigenvalue weighted by atomic mass is 9.84. The molecular formula is C15H32N2. The van der Waals surface area contributed by atoms with E-state index in [9.17, 15) is 0 Å². The van der Waals surface area contributed by atoms with Crippen LogP contribution in [-0.4, -0.2) is 37.1 Å². The van der Waals surface area contributed by atoms with Crippen molar-refractivity contribution in [2.45, 2.75) is 71.4 Å². The second kappa shape index (κ2) is 8.10. The number of hydrogen-bond acceptors (Lipinski definition) is 2. The standard InChI is InChI=1S/C15H32N2/c1-5-13(3)16-11-12-17(4)15-9-7-14(6-2)8-10-15/h13-16H,5-12H2,1-4H3. The van der Waals surface area contributed by atoms with E-state index in [2.05, 4.69) is 38.0 Å². The summed E-state index contributed by atoms with van der Waals surface area (Å²) in [5.41, 5.74) is 0. The van der Waals surface area contributed by atoms with Gasteiger partial charge < -0.3 is 10.2 Å².